The van der Waals surface area contributed by atoms with Crippen LogP contribution in [-0.2, 0) is 0 Å². The Morgan fingerprint density at radius 2 is 2.24 bits per heavy atom. The first-order chi connectivity index (χ1) is 8.16. The van der Waals surface area contributed by atoms with Crippen LogP contribution in [0.3, 0.4) is 0 Å². The quantitative estimate of drug-likeness (QED) is 0.804. The number of aromatic carboxylic acids is 1. The molecule has 1 aromatic rings. The molecule has 0 amide bonds. The largest absolute Gasteiger partial charge is 0.478 e. The summed E-state index contributed by atoms with van der Waals surface area (Å²) in [7, 11) is 0. The number of carbonyl (C=O) groups excluding carboxylic acids is 1. The topological polar surface area (TPSA) is 66.7 Å². The zero-order chi connectivity index (χ0) is 12.0. The smallest absolute Gasteiger partial charge is 0.335 e. The Labute approximate surface area is 98.0 Å². The number of hydrogen-bond donors (Lipinski definition) is 1. The molecule has 4 heteroatoms. The number of hydrogen-bond acceptors (Lipinski definition) is 3. The van der Waals surface area contributed by atoms with Gasteiger partial charge in [-0.25, -0.2) is 4.79 Å². The molecule has 3 rings (SSSR count). The monoisotopic (exact) mass is 229 g/mol. The first-order valence-corrected chi connectivity index (χ1v) is 5.66. The van der Waals surface area contributed by atoms with Crippen molar-refractivity contribution < 1.29 is 14.7 Å². The number of carbonyl (C=O) groups is 2. The van der Waals surface area contributed by atoms with Gasteiger partial charge in [-0.3, -0.25) is 9.79 Å². The molecule has 86 valence electrons. The minimum absolute atomic E-state index is 0.0330. The number of rotatable bonds is 1. The molecule has 1 unspecified atom stereocenters. The molecule has 1 atom stereocenters. The van der Waals surface area contributed by atoms with E-state index in [1.807, 2.05) is 0 Å². The van der Waals surface area contributed by atoms with E-state index in [4.69, 9.17) is 5.11 Å². The van der Waals surface area contributed by atoms with Crippen LogP contribution in [0.1, 0.15) is 40.0 Å². The summed E-state index contributed by atoms with van der Waals surface area (Å²) in [4.78, 5) is 27.5. The van der Waals surface area contributed by atoms with Gasteiger partial charge in [0.1, 0.15) is 0 Å². The van der Waals surface area contributed by atoms with E-state index >= 15 is 0 Å². The van der Waals surface area contributed by atoms with Crippen molar-refractivity contribution in [3.05, 3.63) is 29.3 Å². The van der Waals surface area contributed by atoms with E-state index in [2.05, 4.69) is 4.99 Å². The van der Waals surface area contributed by atoms with Gasteiger partial charge in [0.2, 0.25) is 0 Å². The lowest BCUT2D eigenvalue weighted by molar-refractivity contribution is 0.0697. The molecule has 1 aliphatic heterocycles. The summed E-state index contributed by atoms with van der Waals surface area (Å²) in [5.41, 5.74) is 2.19. The molecular formula is C13H11NO3. The van der Waals surface area contributed by atoms with Crippen molar-refractivity contribution >= 4 is 23.2 Å². The zero-order valence-electron chi connectivity index (χ0n) is 9.14. The Morgan fingerprint density at radius 3 is 3.00 bits per heavy atom. The maximum atomic E-state index is 12.2. The Hall–Kier alpha value is -1.97. The van der Waals surface area contributed by atoms with E-state index in [1.54, 1.807) is 6.07 Å². The third kappa shape index (κ3) is 1.48. The van der Waals surface area contributed by atoms with Crippen LogP contribution in [0.25, 0.3) is 0 Å². The fraction of sp³-hybridized carbons (Fsp3) is 0.308. The second-order valence-corrected chi connectivity index (χ2v) is 4.45. The lowest BCUT2D eigenvalue weighted by atomic mass is 9.90. The molecule has 2 aliphatic rings. The molecule has 1 aliphatic carbocycles. The van der Waals surface area contributed by atoms with Crippen molar-refractivity contribution in [1.29, 1.82) is 0 Å². The van der Waals surface area contributed by atoms with Gasteiger partial charge < -0.3 is 5.11 Å². The van der Waals surface area contributed by atoms with Crippen LogP contribution in [0, 0.1) is 5.92 Å². The first-order valence-electron chi connectivity index (χ1n) is 5.66. The fourth-order valence-corrected chi connectivity index (χ4v) is 2.55. The average Bonchev–Trinajstić information content (AvgIpc) is 2.77. The van der Waals surface area contributed by atoms with Gasteiger partial charge in [0.05, 0.1) is 17.2 Å². The third-order valence-corrected chi connectivity index (χ3v) is 3.42. The number of Topliss-reactive ketones (excluding diaryl/α,β-unsaturated/α-hetero) is 1. The Bertz CT molecular complexity index is 560. The molecule has 0 spiro atoms. The second kappa shape index (κ2) is 3.52. The summed E-state index contributed by atoms with van der Waals surface area (Å²) in [6.45, 7) is 0. The van der Waals surface area contributed by atoms with Crippen molar-refractivity contribution in [3.8, 4) is 0 Å². The van der Waals surface area contributed by atoms with Crippen LogP contribution in [0.2, 0.25) is 0 Å². The van der Waals surface area contributed by atoms with E-state index in [0.29, 0.717) is 11.3 Å². The Kier molecular flexibility index (Phi) is 2.11. The third-order valence-electron chi connectivity index (χ3n) is 3.42. The van der Waals surface area contributed by atoms with Gasteiger partial charge in [0.25, 0.3) is 0 Å². The summed E-state index contributed by atoms with van der Waals surface area (Å²) >= 11 is 0. The second-order valence-electron chi connectivity index (χ2n) is 4.45. The Morgan fingerprint density at radius 1 is 1.41 bits per heavy atom. The standard InChI is InChI=1S/C13H11NO3/c15-12-8-2-1-3-10(8)14-11-5-4-7(13(16)17)6-9(11)12/h4-6,8H,1-3H2,(H,16,17). The molecule has 1 fully saturated rings. The minimum Gasteiger partial charge on any atom is -0.478 e. The minimum atomic E-state index is -1.01. The normalized spacial score (nSPS) is 21.8. The van der Waals surface area contributed by atoms with Crippen molar-refractivity contribution in [2.45, 2.75) is 19.3 Å². The summed E-state index contributed by atoms with van der Waals surface area (Å²) in [6.07, 6.45) is 2.72. The zero-order valence-corrected chi connectivity index (χ0v) is 9.14. The first kappa shape index (κ1) is 10.2. The lowest BCUT2D eigenvalue weighted by Gasteiger charge is -2.18. The highest BCUT2D eigenvalue weighted by Crippen LogP contribution is 2.36. The molecule has 0 aromatic heterocycles. The van der Waals surface area contributed by atoms with Crippen LogP contribution in [0.5, 0.6) is 0 Å². The van der Waals surface area contributed by atoms with Crippen LogP contribution >= 0.6 is 0 Å². The van der Waals surface area contributed by atoms with E-state index in [-0.39, 0.29) is 17.3 Å². The molecule has 1 N–H and O–H groups in total. The van der Waals surface area contributed by atoms with Gasteiger partial charge in [-0.1, -0.05) is 0 Å². The molecular weight excluding hydrogens is 218 g/mol. The number of benzene rings is 1. The van der Waals surface area contributed by atoms with E-state index in [0.717, 1.165) is 25.0 Å². The predicted octanol–water partition coefficient (Wildman–Crippen LogP) is 2.45. The van der Waals surface area contributed by atoms with E-state index in [1.165, 1.54) is 12.1 Å². The van der Waals surface area contributed by atoms with E-state index in [9.17, 15) is 9.59 Å². The number of carboxylic acids is 1. The molecule has 0 radical (unpaired) electrons. The van der Waals surface area contributed by atoms with Crippen LogP contribution in [-0.4, -0.2) is 22.6 Å². The van der Waals surface area contributed by atoms with Gasteiger partial charge >= 0.3 is 5.97 Å². The van der Waals surface area contributed by atoms with Crippen LogP contribution < -0.4 is 0 Å². The van der Waals surface area contributed by atoms with E-state index < -0.39 is 5.97 Å². The van der Waals surface area contributed by atoms with Gasteiger partial charge in [-0.05, 0) is 37.5 Å². The number of ketones is 1. The highest BCUT2D eigenvalue weighted by molar-refractivity contribution is 6.19. The number of carboxylic acid groups (broad SMARTS) is 1. The number of aliphatic imine (C=N–C) groups is 1. The molecule has 1 heterocycles. The SMILES string of the molecule is O=C(O)c1ccc2c(c1)C(=O)C1CCCC1=N2. The summed E-state index contributed by atoms with van der Waals surface area (Å²) in [6, 6.07) is 4.56. The molecule has 17 heavy (non-hydrogen) atoms. The maximum Gasteiger partial charge on any atom is 0.335 e. The highest BCUT2D eigenvalue weighted by atomic mass is 16.4. The van der Waals surface area contributed by atoms with Gasteiger partial charge in [-0.15, -0.1) is 0 Å². The van der Waals surface area contributed by atoms with Crippen molar-refractivity contribution in [3.63, 3.8) is 0 Å². The summed E-state index contributed by atoms with van der Waals surface area (Å²) in [5.74, 6) is -1.08. The van der Waals surface area contributed by atoms with Crippen molar-refractivity contribution in [2.24, 2.45) is 10.9 Å². The molecule has 0 bridgehead atoms. The van der Waals surface area contributed by atoms with Gasteiger partial charge in [0, 0.05) is 11.3 Å². The molecule has 0 saturated heterocycles. The molecule has 4 nitrogen and oxygen atoms in total. The predicted molar refractivity (Wildman–Crippen MR) is 62.2 cm³/mol. The Balaban J connectivity index is 2.14. The average molecular weight is 229 g/mol. The number of fused-ring (bicyclic) bond motifs is 2. The fourth-order valence-electron chi connectivity index (χ4n) is 2.55. The summed E-state index contributed by atoms with van der Waals surface area (Å²) < 4.78 is 0. The molecule has 1 saturated carbocycles. The highest BCUT2D eigenvalue weighted by Gasteiger charge is 2.34. The van der Waals surface area contributed by atoms with Crippen LogP contribution in [0.4, 0.5) is 5.69 Å². The van der Waals surface area contributed by atoms with Gasteiger partial charge in [-0.2, -0.15) is 0 Å². The van der Waals surface area contributed by atoms with Gasteiger partial charge in [0.15, 0.2) is 5.78 Å². The summed E-state index contributed by atoms with van der Waals surface area (Å²) in [5, 5.41) is 8.91. The maximum absolute atomic E-state index is 12.2. The lowest BCUT2D eigenvalue weighted by Crippen LogP contribution is -2.23. The molecule has 1 aromatic carbocycles. The number of nitrogens with zero attached hydrogens (tertiary/aromatic N) is 1. The van der Waals surface area contributed by atoms with Crippen LogP contribution in [0.15, 0.2) is 23.2 Å². The van der Waals surface area contributed by atoms with Crippen molar-refractivity contribution in [2.75, 3.05) is 0 Å². The van der Waals surface area contributed by atoms with Crippen molar-refractivity contribution in [1.82, 2.24) is 0 Å².